The fraction of sp³-hybridized carbons (Fsp3) is 0. The Morgan fingerprint density at radius 1 is 0.842 bits per heavy atom. The average Bonchev–Trinajstić information content (AvgIpc) is 2.94. The fourth-order valence-electron chi connectivity index (χ4n) is 1.30. The van der Waals surface area contributed by atoms with E-state index in [2.05, 4.69) is 15.3 Å². The molecule has 0 unspecified atom stereocenters. The van der Waals surface area contributed by atoms with Gasteiger partial charge >= 0.3 is 17.3 Å². The van der Waals surface area contributed by atoms with Gasteiger partial charge in [-0.1, -0.05) is 5.10 Å². The van der Waals surface area contributed by atoms with E-state index in [9.17, 15) is 30.3 Å². The molecule has 2 aromatic rings. The van der Waals surface area contributed by atoms with Crippen molar-refractivity contribution in [3.63, 3.8) is 0 Å². The Hall–Kier alpha value is -3.45. The second-order valence-electron chi connectivity index (χ2n) is 3.04. The summed E-state index contributed by atoms with van der Waals surface area (Å²) < 4.78 is 0. The summed E-state index contributed by atoms with van der Waals surface area (Å²) in [4.78, 5) is 28.9. The van der Waals surface area contributed by atoms with Gasteiger partial charge < -0.3 is 20.2 Å². The third-order valence-electron chi connectivity index (χ3n) is 2.01. The third-order valence-corrected chi connectivity index (χ3v) is 2.01. The van der Waals surface area contributed by atoms with E-state index in [0.717, 1.165) is 0 Å². The highest BCUT2D eigenvalue weighted by Crippen LogP contribution is 2.36. The van der Waals surface area contributed by atoms with Crippen molar-refractivity contribution in [3.8, 4) is 11.4 Å². The van der Waals surface area contributed by atoms with Gasteiger partial charge in [0, 0.05) is 0 Å². The highest BCUT2D eigenvalue weighted by Gasteiger charge is 2.39. The zero-order valence-corrected chi connectivity index (χ0v) is 8.63. The molecule has 0 saturated carbocycles. The van der Waals surface area contributed by atoms with E-state index in [4.69, 9.17) is 0 Å². The summed E-state index contributed by atoms with van der Waals surface area (Å²) in [6, 6.07) is 0. The summed E-state index contributed by atoms with van der Waals surface area (Å²) in [6.45, 7) is 0. The van der Waals surface area contributed by atoms with Crippen molar-refractivity contribution in [2.24, 2.45) is 0 Å². The summed E-state index contributed by atoms with van der Waals surface area (Å²) in [7, 11) is 0. The van der Waals surface area contributed by atoms with Crippen LogP contribution in [0, 0.1) is 30.3 Å². The number of rotatable bonds is 4. The van der Waals surface area contributed by atoms with Crippen molar-refractivity contribution in [2.45, 2.75) is 0 Å². The molecule has 14 nitrogen and oxygen atoms in total. The van der Waals surface area contributed by atoms with Crippen LogP contribution >= 0.6 is 0 Å². The van der Waals surface area contributed by atoms with Gasteiger partial charge in [0.15, 0.2) is 0 Å². The molecule has 2 rings (SSSR count). The SMILES string of the molecule is O=[N+]([O-])c1n[nH]nc1-c1n[nH]c([N+](=O)[O-])c1[N+](=O)[O-]. The van der Waals surface area contributed by atoms with E-state index in [1.807, 2.05) is 10.3 Å². The van der Waals surface area contributed by atoms with Crippen LogP contribution < -0.4 is 0 Å². The predicted molar refractivity (Wildman–Crippen MR) is 53.9 cm³/mol. The molecular weight excluding hydrogens is 268 g/mol. The van der Waals surface area contributed by atoms with Crippen LogP contribution in [0.4, 0.5) is 17.3 Å². The van der Waals surface area contributed by atoms with E-state index in [0.29, 0.717) is 0 Å². The van der Waals surface area contributed by atoms with Crippen molar-refractivity contribution in [1.29, 1.82) is 0 Å². The minimum Gasteiger partial charge on any atom is -0.358 e. The molecule has 2 aromatic heterocycles. The summed E-state index contributed by atoms with van der Waals surface area (Å²) in [5, 5.41) is 45.5. The lowest BCUT2D eigenvalue weighted by Gasteiger charge is -1.91. The predicted octanol–water partition coefficient (Wildman–Crippen LogP) is -0.0806. The zero-order chi connectivity index (χ0) is 14.2. The number of nitrogens with one attached hydrogen (secondary N) is 2. The van der Waals surface area contributed by atoms with Gasteiger partial charge in [0.2, 0.25) is 11.4 Å². The van der Waals surface area contributed by atoms with Gasteiger partial charge in [0.1, 0.15) is 0 Å². The number of hydrogen-bond donors (Lipinski definition) is 2. The molecule has 0 aliphatic rings. The Kier molecular flexibility index (Phi) is 2.59. The van der Waals surface area contributed by atoms with E-state index in [1.165, 1.54) is 0 Å². The monoisotopic (exact) mass is 270 g/mol. The molecule has 0 fully saturated rings. The van der Waals surface area contributed by atoms with E-state index >= 15 is 0 Å². The van der Waals surface area contributed by atoms with E-state index in [-0.39, 0.29) is 0 Å². The first kappa shape index (κ1) is 12.0. The van der Waals surface area contributed by atoms with Crippen molar-refractivity contribution in [1.82, 2.24) is 25.6 Å². The van der Waals surface area contributed by atoms with Crippen molar-refractivity contribution in [3.05, 3.63) is 30.3 Å². The Labute approximate surface area is 100 Å². The van der Waals surface area contributed by atoms with Gasteiger partial charge in [-0.25, -0.2) is 0 Å². The fourth-order valence-corrected chi connectivity index (χ4v) is 1.30. The summed E-state index contributed by atoms with van der Waals surface area (Å²) in [5.41, 5.74) is -2.24. The van der Waals surface area contributed by atoms with Crippen LogP contribution in [-0.2, 0) is 0 Å². The smallest absolute Gasteiger partial charge is 0.358 e. The lowest BCUT2D eigenvalue weighted by Crippen LogP contribution is -1.97. The molecule has 0 saturated heterocycles. The summed E-state index contributed by atoms with van der Waals surface area (Å²) in [5.74, 6) is -1.83. The molecule has 0 aliphatic heterocycles. The molecule has 19 heavy (non-hydrogen) atoms. The molecule has 0 bridgehead atoms. The lowest BCUT2D eigenvalue weighted by molar-refractivity contribution is -0.424. The molecule has 0 aliphatic carbocycles. The Balaban J connectivity index is 2.69. The first-order chi connectivity index (χ1) is 8.93. The van der Waals surface area contributed by atoms with Crippen LogP contribution in [0.25, 0.3) is 11.4 Å². The maximum Gasteiger partial charge on any atom is 0.422 e. The maximum absolute atomic E-state index is 10.8. The Bertz CT molecular complexity index is 686. The van der Waals surface area contributed by atoms with Gasteiger partial charge in [-0.05, 0) is 9.85 Å². The second kappa shape index (κ2) is 4.09. The van der Waals surface area contributed by atoms with Crippen molar-refractivity contribution >= 4 is 17.3 Å². The number of H-pyrrole nitrogens is 2. The topological polar surface area (TPSA) is 200 Å². The average molecular weight is 270 g/mol. The molecule has 2 N–H and O–H groups in total. The highest BCUT2D eigenvalue weighted by molar-refractivity contribution is 5.76. The summed E-state index contributed by atoms with van der Waals surface area (Å²) in [6.07, 6.45) is 0. The molecule has 0 amide bonds. The molecule has 14 heteroatoms. The molecule has 0 radical (unpaired) electrons. The molecule has 0 atom stereocenters. The second-order valence-corrected chi connectivity index (χ2v) is 3.04. The van der Waals surface area contributed by atoms with Crippen LogP contribution in [0.15, 0.2) is 0 Å². The van der Waals surface area contributed by atoms with Crippen LogP contribution in [0.3, 0.4) is 0 Å². The molecular formula is C5H2N8O6. The first-order valence-corrected chi connectivity index (χ1v) is 4.36. The standard InChI is InChI=1S/C5H2N8O6/c14-11(15)3-1(6-8-5(3)13(18)19)2-4(12(16)17)9-10-7-2/h(H,6,8)(H,7,9,10). The quantitative estimate of drug-likeness (QED) is 0.562. The molecule has 98 valence electrons. The number of aromatic amines is 2. The lowest BCUT2D eigenvalue weighted by atomic mass is 10.2. The van der Waals surface area contributed by atoms with Crippen LogP contribution in [-0.4, -0.2) is 40.4 Å². The van der Waals surface area contributed by atoms with E-state index in [1.54, 1.807) is 0 Å². The van der Waals surface area contributed by atoms with Crippen molar-refractivity contribution < 1.29 is 14.8 Å². The highest BCUT2D eigenvalue weighted by atomic mass is 16.6. The number of nitro groups is 3. The third kappa shape index (κ3) is 1.81. The number of hydrogen-bond acceptors (Lipinski definition) is 9. The number of aromatic nitrogens is 5. The minimum atomic E-state index is -1.09. The van der Waals surface area contributed by atoms with E-state index < -0.39 is 43.5 Å². The Morgan fingerprint density at radius 2 is 1.53 bits per heavy atom. The van der Waals surface area contributed by atoms with Gasteiger partial charge in [0.25, 0.3) is 0 Å². The van der Waals surface area contributed by atoms with Crippen LogP contribution in [0.1, 0.15) is 0 Å². The largest absolute Gasteiger partial charge is 0.422 e. The van der Waals surface area contributed by atoms with Gasteiger partial charge in [-0.2, -0.15) is 0 Å². The van der Waals surface area contributed by atoms with Crippen LogP contribution in [0.2, 0.25) is 0 Å². The molecule has 2 heterocycles. The first-order valence-electron chi connectivity index (χ1n) is 4.36. The molecule has 0 spiro atoms. The van der Waals surface area contributed by atoms with Crippen molar-refractivity contribution in [2.75, 3.05) is 0 Å². The van der Waals surface area contributed by atoms with Gasteiger partial charge in [-0.15, -0.1) is 15.4 Å². The maximum atomic E-state index is 10.8. The van der Waals surface area contributed by atoms with Gasteiger partial charge in [-0.3, -0.25) is 10.1 Å². The normalized spacial score (nSPS) is 10.3. The van der Waals surface area contributed by atoms with Crippen LogP contribution in [0.5, 0.6) is 0 Å². The zero-order valence-electron chi connectivity index (χ0n) is 8.63. The minimum absolute atomic E-state index is 0.568. The summed E-state index contributed by atoms with van der Waals surface area (Å²) >= 11 is 0. The number of nitrogens with zero attached hydrogens (tertiary/aromatic N) is 6. The molecule has 0 aromatic carbocycles. The Morgan fingerprint density at radius 3 is 2.05 bits per heavy atom. The van der Waals surface area contributed by atoms with Gasteiger partial charge in [0.05, 0.1) is 10.0 Å².